The van der Waals surface area contributed by atoms with Gasteiger partial charge >= 0.3 is 0 Å². The van der Waals surface area contributed by atoms with Gasteiger partial charge in [-0.15, -0.1) is 0 Å². The van der Waals surface area contributed by atoms with Crippen LogP contribution >= 0.6 is 0 Å². The van der Waals surface area contributed by atoms with Crippen molar-refractivity contribution >= 4 is 5.69 Å². The van der Waals surface area contributed by atoms with Crippen molar-refractivity contribution in [3.8, 4) is 5.75 Å². The zero-order chi connectivity index (χ0) is 13.1. The summed E-state index contributed by atoms with van der Waals surface area (Å²) >= 11 is 0. The largest absolute Gasteiger partial charge is 0.493 e. The number of anilines is 1. The number of benzene rings is 2. The van der Waals surface area contributed by atoms with Gasteiger partial charge in [0.05, 0.1) is 12.6 Å². The molecule has 1 aliphatic rings. The SMILES string of the molecule is CCc1ccc(NC2CCOc3ccccc32)cc1. The van der Waals surface area contributed by atoms with Crippen LogP contribution in [0.25, 0.3) is 0 Å². The van der Waals surface area contributed by atoms with Crippen LogP contribution in [0.15, 0.2) is 48.5 Å². The lowest BCUT2D eigenvalue weighted by Gasteiger charge is -2.27. The lowest BCUT2D eigenvalue weighted by molar-refractivity contribution is 0.274. The molecule has 1 N–H and O–H groups in total. The molecule has 2 heteroatoms. The van der Waals surface area contributed by atoms with Crippen LogP contribution in [0.4, 0.5) is 5.69 Å². The van der Waals surface area contributed by atoms with Gasteiger partial charge in [0, 0.05) is 17.7 Å². The molecule has 1 unspecified atom stereocenters. The van der Waals surface area contributed by atoms with Gasteiger partial charge in [0.2, 0.25) is 0 Å². The Morgan fingerprint density at radius 2 is 1.89 bits per heavy atom. The van der Waals surface area contributed by atoms with E-state index in [4.69, 9.17) is 4.74 Å². The highest BCUT2D eigenvalue weighted by molar-refractivity contribution is 5.49. The first-order chi connectivity index (χ1) is 9.36. The highest BCUT2D eigenvalue weighted by atomic mass is 16.5. The normalized spacial score (nSPS) is 17.4. The van der Waals surface area contributed by atoms with Crippen LogP contribution in [0.5, 0.6) is 5.75 Å². The number of hydrogen-bond donors (Lipinski definition) is 1. The maximum absolute atomic E-state index is 5.69. The molecule has 0 amide bonds. The molecule has 1 heterocycles. The monoisotopic (exact) mass is 253 g/mol. The van der Waals surface area contributed by atoms with Crippen molar-refractivity contribution in [3.05, 3.63) is 59.7 Å². The minimum absolute atomic E-state index is 0.345. The summed E-state index contributed by atoms with van der Waals surface area (Å²) in [7, 11) is 0. The molecule has 2 aromatic carbocycles. The predicted octanol–water partition coefficient (Wildman–Crippen LogP) is 4.18. The first kappa shape index (κ1) is 12.1. The van der Waals surface area contributed by atoms with Crippen molar-refractivity contribution < 1.29 is 4.74 Å². The molecule has 98 valence electrons. The number of aryl methyl sites for hydroxylation is 1. The lowest BCUT2D eigenvalue weighted by atomic mass is 10.00. The fourth-order valence-corrected chi connectivity index (χ4v) is 2.53. The Morgan fingerprint density at radius 3 is 2.68 bits per heavy atom. The number of hydrogen-bond acceptors (Lipinski definition) is 2. The molecule has 19 heavy (non-hydrogen) atoms. The lowest BCUT2D eigenvalue weighted by Crippen LogP contribution is -2.20. The summed E-state index contributed by atoms with van der Waals surface area (Å²) in [6.45, 7) is 2.96. The van der Waals surface area contributed by atoms with Gasteiger partial charge in [0.1, 0.15) is 5.75 Å². The van der Waals surface area contributed by atoms with E-state index in [2.05, 4.69) is 48.6 Å². The second-order valence-corrected chi connectivity index (χ2v) is 4.92. The van der Waals surface area contributed by atoms with Gasteiger partial charge in [0.25, 0.3) is 0 Å². The second-order valence-electron chi connectivity index (χ2n) is 4.92. The van der Waals surface area contributed by atoms with Crippen LogP contribution in [0.3, 0.4) is 0 Å². The predicted molar refractivity (Wildman–Crippen MR) is 78.7 cm³/mol. The summed E-state index contributed by atoms with van der Waals surface area (Å²) in [6, 6.07) is 17.3. The Balaban J connectivity index is 1.80. The molecule has 2 nitrogen and oxygen atoms in total. The highest BCUT2D eigenvalue weighted by Crippen LogP contribution is 2.33. The molecule has 1 aliphatic heterocycles. The molecule has 2 aromatic rings. The van der Waals surface area contributed by atoms with Crippen molar-refractivity contribution in [1.29, 1.82) is 0 Å². The summed E-state index contributed by atoms with van der Waals surface area (Å²) in [4.78, 5) is 0. The summed E-state index contributed by atoms with van der Waals surface area (Å²) in [5.74, 6) is 1.01. The molecular formula is C17H19NO. The van der Waals surface area contributed by atoms with E-state index in [0.29, 0.717) is 6.04 Å². The van der Waals surface area contributed by atoms with Crippen molar-refractivity contribution in [2.45, 2.75) is 25.8 Å². The Bertz CT molecular complexity index is 547. The molecule has 1 atom stereocenters. The Labute approximate surface area is 114 Å². The number of fused-ring (bicyclic) bond motifs is 1. The highest BCUT2D eigenvalue weighted by Gasteiger charge is 2.20. The van der Waals surface area contributed by atoms with Crippen LogP contribution < -0.4 is 10.1 Å². The average molecular weight is 253 g/mol. The molecule has 0 saturated heterocycles. The maximum Gasteiger partial charge on any atom is 0.124 e. The van der Waals surface area contributed by atoms with Crippen LogP contribution in [0, 0.1) is 0 Å². The Hall–Kier alpha value is -1.96. The van der Waals surface area contributed by atoms with Gasteiger partial charge in [-0.2, -0.15) is 0 Å². The third kappa shape index (κ3) is 2.58. The Kier molecular flexibility index (Phi) is 3.41. The van der Waals surface area contributed by atoms with Gasteiger partial charge in [-0.3, -0.25) is 0 Å². The van der Waals surface area contributed by atoms with E-state index in [9.17, 15) is 0 Å². The van der Waals surface area contributed by atoms with Gasteiger partial charge in [0.15, 0.2) is 0 Å². The molecule has 0 spiro atoms. The third-order valence-electron chi connectivity index (χ3n) is 3.66. The van der Waals surface area contributed by atoms with Crippen LogP contribution in [-0.4, -0.2) is 6.61 Å². The molecule has 0 fully saturated rings. The Morgan fingerprint density at radius 1 is 1.11 bits per heavy atom. The standard InChI is InChI=1S/C17H19NO/c1-2-13-7-9-14(10-8-13)18-16-11-12-19-17-6-4-3-5-15(16)17/h3-10,16,18H,2,11-12H2,1H3. The smallest absolute Gasteiger partial charge is 0.124 e. The molecule has 3 rings (SSSR count). The van der Waals surface area contributed by atoms with E-state index in [1.54, 1.807) is 0 Å². The number of ether oxygens (including phenoxy) is 1. The van der Waals surface area contributed by atoms with E-state index in [0.717, 1.165) is 25.2 Å². The van der Waals surface area contributed by atoms with Gasteiger partial charge in [-0.05, 0) is 30.2 Å². The van der Waals surface area contributed by atoms with Crippen LogP contribution in [0.1, 0.15) is 30.5 Å². The number of nitrogens with one attached hydrogen (secondary N) is 1. The van der Waals surface area contributed by atoms with Crippen molar-refractivity contribution in [2.24, 2.45) is 0 Å². The van der Waals surface area contributed by atoms with Crippen molar-refractivity contribution in [3.63, 3.8) is 0 Å². The van der Waals surface area contributed by atoms with Gasteiger partial charge < -0.3 is 10.1 Å². The zero-order valence-corrected chi connectivity index (χ0v) is 11.2. The molecule has 0 aliphatic carbocycles. The summed E-state index contributed by atoms with van der Waals surface area (Å²) in [5, 5.41) is 3.61. The topological polar surface area (TPSA) is 21.3 Å². The van der Waals surface area contributed by atoms with Crippen molar-refractivity contribution in [1.82, 2.24) is 0 Å². The summed E-state index contributed by atoms with van der Waals surface area (Å²) < 4.78 is 5.69. The van der Waals surface area contributed by atoms with E-state index >= 15 is 0 Å². The fraction of sp³-hybridized carbons (Fsp3) is 0.294. The van der Waals surface area contributed by atoms with Crippen LogP contribution in [-0.2, 0) is 6.42 Å². The van der Waals surface area contributed by atoms with Crippen molar-refractivity contribution in [2.75, 3.05) is 11.9 Å². The zero-order valence-electron chi connectivity index (χ0n) is 11.2. The van der Waals surface area contributed by atoms with Gasteiger partial charge in [-0.25, -0.2) is 0 Å². The number of para-hydroxylation sites is 1. The first-order valence-corrected chi connectivity index (χ1v) is 6.94. The molecule has 0 bridgehead atoms. The third-order valence-corrected chi connectivity index (χ3v) is 3.66. The summed E-state index contributed by atoms with van der Waals surface area (Å²) in [6.07, 6.45) is 2.09. The van der Waals surface area contributed by atoms with Crippen LogP contribution in [0.2, 0.25) is 0 Å². The second kappa shape index (κ2) is 5.35. The van der Waals surface area contributed by atoms with Gasteiger partial charge in [-0.1, -0.05) is 37.3 Å². The quantitative estimate of drug-likeness (QED) is 0.885. The van der Waals surface area contributed by atoms with E-state index in [-0.39, 0.29) is 0 Å². The minimum atomic E-state index is 0.345. The first-order valence-electron chi connectivity index (χ1n) is 6.94. The summed E-state index contributed by atoms with van der Waals surface area (Å²) in [5.41, 5.74) is 3.81. The minimum Gasteiger partial charge on any atom is -0.493 e. The molecular weight excluding hydrogens is 234 g/mol. The maximum atomic E-state index is 5.69. The van der Waals surface area contributed by atoms with E-state index < -0.39 is 0 Å². The fourth-order valence-electron chi connectivity index (χ4n) is 2.53. The van der Waals surface area contributed by atoms with E-state index in [1.807, 2.05) is 12.1 Å². The molecule has 0 saturated carbocycles. The van der Waals surface area contributed by atoms with E-state index in [1.165, 1.54) is 16.8 Å². The molecule has 0 radical (unpaired) electrons. The molecule has 0 aromatic heterocycles. The number of rotatable bonds is 3. The average Bonchev–Trinajstić information content (AvgIpc) is 2.48.